The molecule has 0 unspecified atom stereocenters. The van der Waals surface area contributed by atoms with E-state index in [-0.39, 0.29) is 11.7 Å². The summed E-state index contributed by atoms with van der Waals surface area (Å²) in [6.45, 7) is 5.70. The van der Waals surface area contributed by atoms with Gasteiger partial charge in [0.25, 0.3) is 0 Å². The molecule has 0 spiro atoms. The quantitative estimate of drug-likeness (QED) is 0.709. The number of carbonyl (C=O) groups is 1. The number of Topliss-reactive ketones (excluding diaryl/α,β-unsaturated/α-hetero) is 1. The van der Waals surface area contributed by atoms with Crippen molar-refractivity contribution in [1.82, 2.24) is 9.55 Å². The van der Waals surface area contributed by atoms with E-state index < -0.39 is 0 Å². The minimum atomic E-state index is 0.104. The average molecular weight is 206 g/mol. The molecule has 0 aromatic carbocycles. The smallest absolute Gasteiger partial charge is 0.130 e. The molecule has 0 fully saturated rings. The van der Waals surface area contributed by atoms with Gasteiger partial charge in [0.05, 0.1) is 0 Å². The van der Waals surface area contributed by atoms with E-state index in [1.165, 1.54) is 5.57 Å². The summed E-state index contributed by atoms with van der Waals surface area (Å²) in [5.41, 5.74) is 1.21. The lowest BCUT2D eigenvalue weighted by Crippen LogP contribution is -2.08. The molecule has 0 aliphatic rings. The largest absolute Gasteiger partial charge is 0.338 e. The summed E-state index contributed by atoms with van der Waals surface area (Å²) in [6, 6.07) is 0. The second kappa shape index (κ2) is 4.91. The van der Waals surface area contributed by atoms with E-state index in [0.29, 0.717) is 6.42 Å². The van der Waals surface area contributed by atoms with E-state index in [2.05, 4.69) is 11.1 Å². The van der Waals surface area contributed by atoms with Crippen molar-refractivity contribution in [3.05, 3.63) is 29.9 Å². The van der Waals surface area contributed by atoms with Gasteiger partial charge in [-0.3, -0.25) is 4.79 Å². The number of nitrogens with zero attached hydrogens (tertiary/aromatic N) is 2. The number of aryl methyl sites for hydroxylation is 1. The fraction of sp³-hybridized carbons (Fsp3) is 0.500. The van der Waals surface area contributed by atoms with Crippen molar-refractivity contribution < 1.29 is 4.79 Å². The van der Waals surface area contributed by atoms with Crippen molar-refractivity contribution in [3.63, 3.8) is 0 Å². The molecule has 15 heavy (non-hydrogen) atoms. The summed E-state index contributed by atoms with van der Waals surface area (Å²) in [5, 5.41) is 0. The van der Waals surface area contributed by atoms with Crippen LogP contribution in [-0.4, -0.2) is 15.3 Å². The summed E-state index contributed by atoms with van der Waals surface area (Å²) >= 11 is 0. The molecule has 0 bridgehead atoms. The van der Waals surface area contributed by atoms with Crippen molar-refractivity contribution in [2.45, 2.75) is 33.1 Å². The Morgan fingerprint density at radius 2 is 2.20 bits per heavy atom. The zero-order valence-electron chi connectivity index (χ0n) is 9.82. The lowest BCUT2D eigenvalue weighted by atomic mass is 9.99. The first-order valence-electron chi connectivity index (χ1n) is 5.12. The van der Waals surface area contributed by atoms with Gasteiger partial charge < -0.3 is 4.57 Å². The molecule has 0 amide bonds. The van der Waals surface area contributed by atoms with Crippen LogP contribution in [0.15, 0.2) is 24.0 Å². The standard InChI is InChI=1S/C12H18N2O/c1-9(2)7-11(8-10(3)15)12-13-5-6-14(12)4/h5-7,11H,8H2,1-4H3/t11-/m1/s1. The number of ketones is 1. The van der Waals surface area contributed by atoms with Crippen LogP contribution in [0, 0.1) is 0 Å². The van der Waals surface area contributed by atoms with Crippen LogP contribution in [0.3, 0.4) is 0 Å². The normalized spacial score (nSPS) is 12.3. The van der Waals surface area contributed by atoms with Crippen molar-refractivity contribution in [2.24, 2.45) is 7.05 Å². The molecule has 3 heteroatoms. The first-order chi connectivity index (χ1) is 7.00. The van der Waals surface area contributed by atoms with E-state index in [4.69, 9.17) is 0 Å². The van der Waals surface area contributed by atoms with Crippen molar-refractivity contribution in [2.75, 3.05) is 0 Å². The molecule has 3 nitrogen and oxygen atoms in total. The summed E-state index contributed by atoms with van der Waals surface area (Å²) in [4.78, 5) is 15.5. The highest BCUT2D eigenvalue weighted by molar-refractivity contribution is 5.76. The first kappa shape index (κ1) is 11.7. The number of allylic oxidation sites excluding steroid dienone is 2. The maximum Gasteiger partial charge on any atom is 0.130 e. The van der Waals surface area contributed by atoms with Gasteiger partial charge in [0.2, 0.25) is 0 Å². The Hall–Kier alpha value is -1.38. The molecule has 1 aromatic rings. The highest BCUT2D eigenvalue weighted by atomic mass is 16.1. The minimum Gasteiger partial charge on any atom is -0.338 e. The maximum absolute atomic E-state index is 11.2. The van der Waals surface area contributed by atoms with Gasteiger partial charge in [0.1, 0.15) is 11.6 Å². The zero-order valence-corrected chi connectivity index (χ0v) is 9.82. The molecule has 0 N–H and O–H groups in total. The molecular weight excluding hydrogens is 188 g/mol. The Morgan fingerprint density at radius 3 is 2.60 bits per heavy atom. The Morgan fingerprint density at radius 1 is 1.53 bits per heavy atom. The highest BCUT2D eigenvalue weighted by Gasteiger charge is 2.15. The second-order valence-corrected chi connectivity index (χ2v) is 4.15. The predicted octanol–water partition coefficient (Wildman–Crippen LogP) is 2.45. The van der Waals surface area contributed by atoms with Gasteiger partial charge in [-0.2, -0.15) is 0 Å². The number of aromatic nitrogens is 2. The topological polar surface area (TPSA) is 34.9 Å². The maximum atomic E-state index is 11.2. The first-order valence-corrected chi connectivity index (χ1v) is 5.12. The van der Waals surface area contributed by atoms with Crippen LogP contribution in [0.25, 0.3) is 0 Å². The third-order valence-corrected chi connectivity index (χ3v) is 2.23. The predicted molar refractivity (Wildman–Crippen MR) is 60.7 cm³/mol. The molecule has 1 heterocycles. The van der Waals surface area contributed by atoms with Crippen LogP contribution in [0.1, 0.15) is 38.9 Å². The zero-order chi connectivity index (χ0) is 11.4. The van der Waals surface area contributed by atoms with E-state index in [0.717, 1.165) is 5.82 Å². The lowest BCUT2D eigenvalue weighted by Gasteiger charge is -2.11. The van der Waals surface area contributed by atoms with Gasteiger partial charge in [-0.15, -0.1) is 0 Å². The molecule has 0 saturated carbocycles. The van der Waals surface area contributed by atoms with Gasteiger partial charge in [-0.25, -0.2) is 4.98 Å². The van der Waals surface area contributed by atoms with E-state index >= 15 is 0 Å². The molecule has 82 valence electrons. The van der Waals surface area contributed by atoms with Crippen LogP contribution >= 0.6 is 0 Å². The van der Waals surface area contributed by atoms with Crippen LogP contribution < -0.4 is 0 Å². The van der Waals surface area contributed by atoms with Gasteiger partial charge in [-0.1, -0.05) is 11.6 Å². The molecular formula is C12H18N2O. The van der Waals surface area contributed by atoms with Crippen molar-refractivity contribution >= 4 is 5.78 Å². The number of carbonyl (C=O) groups excluding carboxylic acids is 1. The summed E-state index contributed by atoms with van der Waals surface area (Å²) in [7, 11) is 1.95. The highest BCUT2D eigenvalue weighted by Crippen LogP contribution is 2.20. The third-order valence-electron chi connectivity index (χ3n) is 2.23. The Kier molecular flexibility index (Phi) is 3.83. The summed E-state index contributed by atoms with van der Waals surface area (Å²) in [5.74, 6) is 1.25. The van der Waals surface area contributed by atoms with Crippen LogP contribution in [0.2, 0.25) is 0 Å². The molecule has 0 aliphatic heterocycles. The van der Waals surface area contributed by atoms with Crippen LogP contribution in [0.5, 0.6) is 0 Å². The van der Waals surface area contributed by atoms with Crippen LogP contribution in [0.4, 0.5) is 0 Å². The second-order valence-electron chi connectivity index (χ2n) is 4.15. The number of imidazole rings is 1. The number of rotatable bonds is 4. The fourth-order valence-corrected chi connectivity index (χ4v) is 1.67. The molecule has 0 saturated heterocycles. The van der Waals surface area contributed by atoms with E-state index in [9.17, 15) is 4.79 Å². The van der Waals surface area contributed by atoms with Crippen molar-refractivity contribution in [1.29, 1.82) is 0 Å². The molecule has 1 aromatic heterocycles. The monoisotopic (exact) mass is 206 g/mol. The van der Waals surface area contributed by atoms with Gasteiger partial charge in [-0.05, 0) is 20.8 Å². The molecule has 0 radical (unpaired) electrons. The van der Waals surface area contributed by atoms with E-state index in [1.54, 1.807) is 13.1 Å². The van der Waals surface area contributed by atoms with E-state index in [1.807, 2.05) is 31.7 Å². The number of hydrogen-bond acceptors (Lipinski definition) is 2. The average Bonchev–Trinajstić information content (AvgIpc) is 2.48. The summed E-state index contributed by atoms with van der Waals surface area (Å²) in [6.07, 6.45) is 6.29. The van der Waals surface area contributed by atoms with Gasteiger partial charge in [0, 0.05) is 31.8 Å². The minimum absolute atomic E-state index is 0.104. The fourth-order valence-electron chi connectivity index (χ4n) is 1.67. The molecule has 1 rings (SSSR count). The third kappa shape index (κ3) is 3.35. The molecule has 1 atom stereocenters. The van der Waals surface area contributed by atoms with Gasteiger partial charge in [0.15, 0.2) is 0 Å². The Labute approximate surface area is 90.8 Å². The SMILES string of the molecule is CC(=O)C[C@@H](C=C(C)C)c1nccn1C. The number of hydrogen-bond donors (Lipinski definition) is 0. The van der Waals surface area contributed by atoms with Crippen molar-refractivity contribution in [3.8, 4) is 0 Å². The van der Waals surface area contributed by atoms with Crippen LogP contribution in [-0.2, 0) is 11.8 Å². The molecule has 0 aliphatic carbocycles. The lowest BCUT2D eigenvalue weighted by molar-refractivity contribution is -0.117. The summed E-state index contributed by atoms with van der Waals surface area (Å²) < 4.78 is 1.97. The van der Waals surface area contributed by atoms with Gasteiger partial charge >= 0.3 is 0 Å². The Bertz CT molecular complexity index is 373. The Balaban J connectivity index is 2.96.